The molecule has 0 bridgehead atoms. The SMILES string of the molecule is COC(=O)c1cccc(Nc2nc3ccc(C(=O)N(CCC(C)C)CCC(C)C)cc3n2CCCN2CCCCC2)c1. The molecule has 0 spiro atoms. The molecule has 1 amide bonds. The number of likely N-dealkylation sites (tertiary alicyclic amines) is 1. The second-order valence-electron chi connectivity index (χ2n) is 12.4. The summed E-state index contributed by atoms with van der Waals surface area (Å²) < 4.78 is 7.10. The molecule has 4 rings (SSSR count). The van der Waals surface area contributed by atoms with E-state index in [2.05, 4.69) is 42.5 Å². The number of methoxy groups -OCH3 is 1. The number of piperidine rings is 1. The van der Waals surface area contributed by atoms with Gasteiger partial charge in [0, 0.05) is 30.9 Å². The molecule has 0 atom stereocenters. The number of fused-ring (bicyclic) bond motifs is 1. The van der Waals surface area contributed by atoms with E-state index in [1.54, 1.807) is 12.1 Å². The van der Waals surface area contributed by atoms with Crippen molar-refractivity contribution in [2.75, 3.05) is 45.2 Å². The highest BCUT2D eigenvalue weighted by atomic mass is 16.5. The summed E-state index contributed by atoms with van der Waals surface area (Å²) in [5, 5.41) is 3.44. The van der Waals surface area contributed by atoms with Crippen LogP contribution in [-0.2, 0) is 11.3 Å². The highest BCUT2D eigenvalue weighted by Crippen LogP contribution is 2.26. The number of imidazole rings is 1. The smallest absolute Gasteiger partial charge is 0.337 e. The van der Waals surface area contributed by atoms with E-state index < -0.39 is 0 Å². The van der Waals surface area contributed by atoms with Crippen LogP contribution in [0.15, 0.2) is 42.5 Å². The maximum atomic E-state index is 13.8. The number of nitrogens with zero attached hydrogens (tertiary/aromatic N) is 4. The number of esters is 1. The molecule has 1 aliphatic rings. The van der Waals surface area contributed by atoms with Crippen molar-refractivity contribution in [1.82, 2.24) is 19.4 Å². The molecular weight excluding hydrogens is 526 g/mol. The Labute approximate surface area is 251 Å². The second-order valence-corrected chi connectivity index (χ2v) is 12.4. The van der Waals surface area contributed by atoms with Crippen LogP contribution >= 0.6 is 0 Å². The topological polar surface area (TPSA) is 79.7 Å². The molecule has 1 saturated heterocycles. The number of nitrogens with one attached hydrogen (secondary N) is 1. The molecule has 1 fully saturated rings. The van der Waals surface area contributed by atoms with Gasteiger partial charge in [-0.2, -0.15) is 0 Å². The molecule has 2 aromatic carbocycles. The molecule has 3 aromatic rings. The van der Waals surface area contributed by atoms with E-state index in [1.807, 2.05) is 35.2 Å². The van der Waals surface area contributed by atoms with E-state index in [4.69, 9.17) is 9.72 Å². The van der Waals surface area contributed by atoms with Crippen LogP contribution in [0.3, 0.4) is 0 Å². The van der Waals surface area contributed by atoms with Crippen molar-refractivity contribution < 1.29 is 14.3 Å². The zero-order valence-corrected chi connectivity index (χ0v) is 26.2. The first kappa shape index (κ1) is 31.5. The van der Waals surface area contributed by atoms with E-state index in [0.29, 0.717) is 28.9 Å². The molecule has 1 aromatic heterocycles. The second kappa shape index (κ2) is 15.2. The van der Waals surface area contributed by atoms with Crippen molar-refractivity contribution in [1.29, 1.82) is 0 Å². The Morgan fingerprint density at radius 3 is 2.31 bits per heavy atom. The number of aromatic nitrogens is 2. The van der Waals surface area contributed by atoms with E-state index in [9.17, 15) is 9.59 Å². The van der Waals surface area contributed by atoms with Gasteiger partial charge in [0.05, 0.1) is 23.7 Å². The first-order valence-electron chi connectivity index (χ1n) is 15.7. The number of amides is 1. The van der Waals surface area contributed by atoms with Gasteiger partial charge in [-0.25, -0.2) is 9.78 Å². The molecule has 0 radical (unpaired) electrons. The minimum atomic E-state index is -0.378. The fourth-order valence-corrected chi connectivity index (χ4v) is 5.51. The predicted octanol–water partition coefficient (Wildman–Crippen LogP) is 6.98. The Morgan fingerprint density at radius 2 is 1.64 bits per heavy atom. The van der Waals surface area contributed by atoms with Gasteiger partial charge in [0.15, 0.2) is 0 Å². The lowest BCUT2D eigenvalue weighted by Gasteiger charge is -2.26. The highest BCUT2D eigenvalue weighted by Gasteiger charge is 2.20. The first-order valence-corrected chi connectivity index (χ1v) is 15.7. The van der Waals surface area contributed by atoms with E-state index in [0.717, 1.165) is 75.3 Å². The van der Waals surface area contributed by atoms with Gasteiger partial charge in [0.1, 0.15) is 0 Å². The van der Waals surface area contributed by atoms with Gasteiger partial charge in [0.2, 0.25) is 5.95 Å². The summed E-state index contributed by atoms with van der Waals surface area (Å²) in [6.07, 6.45) is 6.82. The van der Waals surface area contributed by atoms with Crippen molar-refractivity contribution in [3.8, 4) is 0 Å². The maximum absolute atomic E-state index is 13.8. The van der Waals surface area contributed by atoms with Crippen LogP contribution in [-0.4, -0.2) is 71.1 Å². The van der Waals surface area contributed by atoms with Gasteiger partial charge in [-0.1, -0.05) is 40.2 Å². The third-order valence-electron chi connectivity index (χ3n) is 8.08. The lowest BCUT2D eigenvalue weighted by atomic mass is 10.1. The first-order chi connectivity index (χ1) is 20.2. The van der Waals surface area contributed by atoms with Gasteiger partial charge in [-0.3, -0.25) is 4.79 Å². The minimum absolute atomic E-state index is 0.0829. The average molecular weight is 576 g/mol. The molecule has 8 heteroatoms. The van der Waals surface area contributed by atoms with Crippen molar-refractivity contribution in [2.24, 2.45) is 11.8 Å². The summed E-state index contributed by atoms with van der Waals surface area (Å²) in [6, 6.07) is 13.1. The summed E-state index contributed by atoms with van der Waals surface area (Å²) >= 11 is 0. The normalized spacial score (nSPS) is 14.1. The zero-order chi connectivity index (χ0) is 30.1. The monoisotopic (exact) mass is 575 g/mol. The largest absolute Gasteiger partial charge is 0.465 e. The molecule has 228 valence electrons. The van der Waals surface area contributed by atoms with E-state index in [-0.39, 0.29) is 11.9 Å². The van der Waals surface area contributed by atoms with Crippen molar-refractivity contribution in [3.05, 3.63) is 53.6 Å². The number of benzene rings is 2. The van der Waals surface area contributed by atoms with Crippen LogP contribution in [0.2, 0.25) is 0 Å². The predicted molar refractivity (Wildman–Crippen MR) is 171 cm³/mol. The quantitative estimate of drug-likeness (QED) is 0.209. The van der Waals surface area contributed by atoms with Crippen LogP contribution in [0, 0.1) is 11.8 Å². The summed E-state index contributed by atoms with van der Waals surface area (Å²) in [5.41, 5.74) is 3.72. The third kappa shape index (κ3) is 8.57. The fourth-order valence-electron chi connectivity index (χ4n) is 5.51. The Kier molecular flexibility index (Phi) is 11.4. The van der Waals surface area contributed by atoms with Gasteiger partial charge < -0.3 is 24.4 Å². The maximum Gasteiger partial charge on any atom is 0.337 e. The van der Waals surface area contributed by atoms with Crippen molar-refractivity contribution >= 4 is 34.5 Å². The number of hydrogen-bond donors (Lipinski definition) is 1. The summed E-state index contributed by atoms with van der Waals surface area (Å²) in [6.45, 7) is 14.5. The number of ether oxygens (including phenoxy) is 1. The lowest BCUT2D eigenvalue weighted by Crippen LogP contribution is -2.34. The van der Waals surface area contributed by atoms with Gasteiger partial charge in [-0.05, 0) is 100.0 Å². The summed E-state index contributed by atoms with van der Waals surface area (Å²) in [4.78, 5) is 35.4. The Bertz CT molecular complexity index is 1310. The third-order valence-corrected chi connectivity index (χ3v) is 8.08. The van der Waals surface area contributed by atoms with Gasteiger partial charge >= 0.3 is 5.97 Å². The van der Waals surface area contributed by atoms with Crippen molar-refractivity contribution in [3.63, 3.8) is 0 Å². The molecule has 0 saturated carbocycles. The number of carbonyl (C=O) groups is 2. The molecule has 1 N–H and O–H groups in total. The number of carbonyl (C=O) groups excluding carboxylic acids is 2. The Balaban J connectivity index is 1.64. The summed E-state index contributed by atoms with van der Waals surface area (Å²) in [5.74, 6) is 1.48. The zero-order valence-electron chi connectivity index (χ0n) is 26.2. The number of anilines is 2. The molecule has 0 unspecified atom stereocenters. The molecule has 0 aliphatic carbocycles. The average Bonchev–Trinajstić information content (AvgIpc) is 3.32. The Morgan fingerprint density at radius 1 is 0.929 bits per heavy atom. The standard InChI is InChI=1S/C34H49N5O3/c1-25(2)15-21-38(22-16-26(3)4)32(40)27-13-14-30-31(24-27)39(20-10-19-37-17-7-6-8-18-37)34(36-30)35-29-12-9-11-28(23-29)33(41)42-5/h9,11-14,23-26H,6-8,10,15-22H2,1-5H3,(H,35,36). The van der Waals surface area contributed by atoms with Crippen molar-refractivity contribution in [2.45, 2.75) is 72.8 Å². The molecule has 8 nitrogen and oxygen atoms in total. The van der Waals surface area contributed by atoms with Crippen LogP contribution in [0.1, 0.15) is 86.9 Å². The minimum Gasteiger partial charge on any atom is -0.465 e. The summed E-state index contributed by atoms with van der Waals surface area (Å²) in [7, 11) is 1.38. The van der Waals surface area contributed by atoms with Gasteiger partial charge in [-0.15, -0.1) is 0 Å². The molecular formula is C34H49N5O3. The van der Waals surface area contributed by atoms with Crippen LogP contribution in [0.25, 0.3) is 11.0 Å². The molecule has 1 aliphatic heterocycles. The fraction of sp³-hybridized carbons (Fsp3) is 0.559. The van der Waals surface area contributed by atoms with Crippen LogP contribution < -0.4 is 5.32 Å². The number of aryl methyl sites for hydroxylation is 1. The van der Waals surface area contributed by atoms with E-state index >= 15 is 0 Å². The van der Waals surface area contributed by atoms with Gasteiger partial charge in [0.25, 0.3) is 5.91 Å². The highest BCUT2D eigenvalue weighted by molar-refractivity contribution is 5.98. The number of hydrogen-bond acceptors (Lipinski definition) is 6. The lowest BCUT2D eigenvalue weighted by molar-refractivity contribution is 0.0600. The molecule has 2 heterocycles. The van der Waals surface area contributed by atoms with Crippen LogP contribution in [0.4, 0.5) is 11.6 Å². The van der Waals surface area contributed by atoms with Crippen LogP contribution in [0.5, 0.6) is 0 Å². The van der Waals surface area contributed by atoms with E-state index in [1.165, 1.54) is 26.4 Å². The Hall–Kier alpha value is -3.39. The number of rotatable bonds is 14. The molecule has 42 heavy (non-hydrogen) atoms.